The first-order valence-corrected chi connectivity index (χ1v) is 6.51. The summed E-state index contributed by atoms with van der Waals surface area (Å²) < 4.78 is 0. The van der Waals surface area contributed by atoms with Crippen LogP contribution in [0.4, 0.5) is 0 Å². The van der Waals surface area contributed by atoms with Crippen molar-refractivity contribution in [3.8, 4) is 0 Å². The summed E-state index contributed by atoms with van der Waals surface area (Å²) in [7, 11) is 0. The Bertz CT molecular complexity index is 576. The fraction of sp³-hybridized carbons (Fsp3) is 0.0526. The Kier molecular flexibility index (Phi) is 3.36. The molecule has 0 bridgehead atoms. The van der Waals surface area contributed by atoms with Crippen LogP contribution in [-0.2, 0) is 0 Å². The van der Waals surface area contributed by atoms with Crippen LogP contribution in [0.3, 0.4) is 0 Å². The number of rotatable bonds is 3. The highest BCUT2D eigenvalue weighted by atomic mass is 14.2. The summed E-state index contributed by atoms with van der Waals surface area (Å²) in [6.45, 7) is 0. The van der Waals surface area contributed by atoms with Gasteiger partial charge in [-0.3, -0.25) is 0 Å². The van der Waals surface area contributed by atoms with Crippen molar-refractivity contribution < 1.29 is 0 Å². The van der Waals surface area contributed by atoms with Gasteiger partial charge in [0, 0.05) is 12.2 Å². The third-order valence-corrected chi connectivity index (χ3v) is 3.33. The van der Waals surface area contributed by atoms with Crippen molar-refractivity contribution in [3.63, 3.8) is 0 Å². The van der Waals surface area contributed by atoms with Gasteiger partial charge >= 0.3 is 0 Å². The van der Waals surface area contributed by atoms with Gasteiger partial charge < -0.3 is 0 Å². The number of allylic oxidation sites excluding steroid dienone is 6. The molecule has 2 aromatic carbocycles. The maximum absolute atomic E-state index is 3.18. The quantitative estimate of drug-likeness (QED) is 0.687. The van der Waals surface area contributed by atoms with Crippen molar-refractivity contribution in [2.45, 2.75) is 5.92 Å². The molecule has 3 rings (SSSR count). The van der Waals surface area contributed by atoms with Crippen LogP contribution in [0.5, 0.6) is 0 Å². The summed E-state index contributed by atoms with van der Waals surface area (Å²) in [4.78, 5) is 0. The SMILES string of the molecule is [C+]1=CC(C(c2ccccc2)c2ccccc2)=CC=C1. The molecule has 2 aromatic rings. The smallest absolute Gasteiger partial charge is 0.0622 e. The van der Waals surface area contributed by atoms with Crippen molar-refractivity contribution in [3.05, 3.63) is 108 Å². The minimum Gasteiger partial charge on any atom is -0.0622 e. The first-order chi connectivity index (χ1) is 9.45. The molecule has 0 heterocycles. The molecule has 0 unspecified atom stereocenters. The average molecular weight is 243 g/mol. The van der Waals surface area contributed by atoms with Crippen LogP contribution in [0.25, 0.3) is 0 Å². The van der Waals surface area contributed by atoms with Gasteiger partial charge in [0.25, 0.3) is 0 Å². The van der Waals surface area contributed by atoms with E-state index in [1.807, 2.05) is 12.2 Å². The van der Waals surface area contributed by atoms with Gasteiger partial charge in [-0.1, -0.05) is 60.7 Å². The zero-order valence-electron chi connectivity index (χ0n) is 10.7. The molecule has 19 heavy (non-hydrogen) atoms. The Morgan fingerprint density at radius 2 is 1.32 bits per heavy atom. The van der Waals surface area contributed by atoms with Crippen molar-refractivity contribution in [2.75, 3.05) is 0 Å². The van der Waals surface area contributed by atoms with Crippen molar-refractivity contribution in [1.29, 1.82) is 0 Å². The molecular weight excluding hydrogens is 228 g/mol. The lowest BCUT2D eigenvalue weighted by atomic mass is 9.84. The molecule has 0 radical (unpaired) electrons. The van der Waals surface area contributed by atoms with Crippen LogP contribution in [-0.4, -0.2) is 0 Å². The van der Waals surface area contributed by atoms with E-state index in [0.717, 1.165) is 0 Å². The first kappa shape index (κ1) is 11.6. The summed E-state index contributed by atoms with van der Waals surface area (Å²) >= 11 is 0. The monoisotopic (exact) mass is 243 g/mol. The topological polar surface area (TPSA) is 0 Å². The highest BCUT2D eigenvalue weighted by molar-refractivity contribution is 5.47. The second kappa shape index (κ2) is 5.48. The second-order valence-electron chi connectivity index (χ2n) is 4.59. The summed E-state index contributed by atoms with van der Waals surface area (Å²) in [5.74, 6) is 0.278. The maximum atomic E-state index is 3.18. The summed E-state index contributed by atoms with van der Waals surface area (Å²) in [6.07, 6.45) is 11.4. The van der Waals surface area contributed by atoms with Gasteiger partial charge in [0.1, 0.15) is 12.2 Å². The summed E-state index contributed by atoms with van der Waals surface area (Å²) in [6, 6.07) is 21.2. The standard InChI is InChI=1S/C19H15/c1-4-10-16(11-5-1)19(17-12-6-2-7-13-17)18-14-8-3-9-15-18/h1-8,10-15,19H/q+1. The molecule has 0 saturated carbocycles. The predicted molar refractivity (Wildman–Crippen MR) is 79.8 cm³/mol. The third-order valence-electron chi connectivity index (χ3n) is 3.33. The van der Waals surface area contributed by atoms with Crippen LogP contribution < -0.4 is 0 Å². The lowest BCUT2D eigenvalue weighted by molar-refractivity contribution is 0.974. The molecule has 0 aliphatic heterocycles. The molecule has 1 aliphatic carbocycles. The molecule has 0 N–H and O–H groups in total. The number of hydrogen-bond acceptors (Lipinski definition) is 0. The van der Waals surface area contributed by atoms with Crippen LogP contribution >= 0.6 is 0 Å². The van der Waals surface area contributed by atoms with E-state index in [1.165, 1.54) is 16.7 Å². The molecule has 0 fully saturated rings. The zero-order chi connectivity index (χ0) is 12.9. The second-order valence-corrected chi connectivity index (χ2v) is 4.59. The Morgan fingerprint density at radius 1 is 0.737 bits per heavy atom. The van der Waals surface area contributed by atoms with E-state index in [1.54, 1.807) is 0 Å². The summed E-state index contributed by atoms with van der Waals surface area (Å²) in [5, 5.41) is 0. The Morgan fingerprint density at radius 3 is 1.79 bits per heavy atom. The van der Waals surface area contributed by atoms with E-state index in [0.29, 0.717) is 0 Å². The molecule has 0 aromatic heterocycles. The molecule has 0 heteroatoms. The molecule has 0 spiro atoms. The van der Waals surface area contributed by atoms with Gasteiger partial charge in [-0.15, -0.1) is 0 Å². The Labute approximate surface area is 114 Å². The summed E-state index contributed by atoms with van der Waals surface area (Å²) in [5.41, 5.74) is 3.90. The molecule has 0 atom stereocenters. The van der Waals surface area contributed by atoms with E-state index < -0.39 is 0 Å². The lowest BCUT2D eigenvalue weighted by Crippen LogP contribution is -2.04. The van der Waals surface area contributed by atoms with Crippen molar-refractivity contribution in [1.82, 2.24) is 0 Å². The largest absolute Gasteiger partial charge is 0.107 e. The molecule has 0 saturated heterocycles. The highest BCUT2D eigenvalue weighted by Gasteiger charge is 2.22. The van der Waals surface area contributed by atoms with Gasteiger partial charge in [-0.05, 0) is 11.1 Å². The van der Waals surface area contributed by atoms with Crippen LogP contribution in [0.2, 0.25) is 0 Å². The fourth-order valence-electron chi connectivity index (χ4n) is 2.46. The van der Waals surface area contributed by atoms with Gasteiger partial charge in [0.2, 0.25) is 0 Å². The van der Waals surface area contributed by atoms with Gasteiger partial charge in [-0.2, -0.15) is 0 Å². The van der Waals surface area contributed by atoms with Gasteiger partial charge in [-0.25, -0.2) is 0 Å². The molecular formula is C19H15+. The minimum atomic E-state index is 0.278. The molecule has 90 valence electrons. The molecule has 0 amide bonds. The Hall–Kier alpha value is -2.43. The highest BCUT2D eigenvalue weighted by Crippen LogP contribution is 2.33. The van der Waals surface area contributed by atoms with Crippen LogP contribution in [0.1, 0.15) is 17.0 Å². The number of benzene rings is 2. The minimum absolute atomic E-state index is 0.278. The van der Waals surface area contributed by atoms with Gasteiger partial charge in [0.05, 0.1) is 17.6 Å². The van der Waals surface area contributed by atoms with E-state index in [4.69, 9.17) is 0 Å². The van der Waals surface area contributed by atoms with E-state index in [2.05, 4.69) is 78.9 Å². The van der Waals surface area contributed by atoms with Gasteiger partial charge in [0.15, 0.2) is 0 Å². The van der Waals surface area contributed by atoms with Crippen molar-refractivity contribution in [2.24, 2.45) is 0 Å². The molecule has 0 nitrogen and oxygen atoms in total. The third kappa shape index (κ3) is 2.54. The van der Waals surface area contributed by atoms with Crippen LogP contribution in [0.15, 0.2) is 90.5 Å². The maximum Gasteiger partial charge on any atom is 0.107 e. The Balaban J connectivity index is 2.09. The predicted octanol–water partition coefficient (Wildman–Crippen LogP) is 4.67. The molecule has 1 aliphatic rings. The van der Waals surface area contributed by atoms with E-state index in [9.17, 15) is 0 Å². The van der Waals surface area contributed by atoms with Crippen molar-refractivity contribution >= 4 is 0 Å². The van der Waals surface area contributed by atoms with E-state index in [-0.39, 0.29) is 5.92 Å². The fourth-order valence-corrected chi connectivity index (χ4v) is 2.46. The number of hydrogen-bond donors (Lipinski definition) is 0. The average Bonchev–Trinajstić information content (AvgIpc) is 2.51. The van der Waals surface area contributed by atoms with E-state index >= 15 is 0 Å². The first-order valence-electron chi connectivity index (χ1n) is 6.51. The van der Waals surface area contributed by atoms with Crippen LogP contribution in [0, 0.1) is 6.08 Å². The zero-order valence-corrected chi connectivity index (χ0v) is 10.7. The lowest BCUT2D eigenvalue weighted by Gasteiger charge is -2.15. The normalized spacial score (nSPS) is 13.2.